The van der Waals surface area contributed by atoms with E-state index in [1.165, 1.54) is 0 Å². The second-order valence-corrected chi connectivity index (χ2v) is 16.8. The number of carbonyl (C=O) groups excluding carboxylic acids is 6. The summed E-state index contributed by atoms with van der Waals surface area (Å²) in [5.41, 5.74) is 0. The summed E-state index contributed by atoms with van der Waals surface area (Å²) in [5, 5.41) is 34.5. The lowest BCUT2D eigenvalue weighted by Gasteiger charge is -2.24. The molecule has 5 rings (SSSR count). The van der Waals surface area contributed by atoms with Crippen LogP contribution in [0.15, 0.2) is 0 Å². The van der Waals surface area contributed by atoms with Crippen molar-refractivity contribution in [2.75, 3.05) is 0 Å². The number of hydrogen-bond donors (Lipinski definition) is 4. The van der Waals surface area contributed by atoms with E-state index in [9.17, 15) is 47.9 Å². The van der Waals surface area contributed by atoms with E-state index >= 15 is 0 Å². The van der Waals surface area contributed by atoms with E-state index in [1.807, 2.05) is 0 Å². The predicted molar refractivity (Wildman–Crippen MR) is 213 cm³/mol. The molecule has 5 fully saturated rings. The molecule has 0 unspecified atom stereocenters. The summed E-state index contributed by atoms with van der Waals surface area (Å²) in [5.74, 6) is -2.75. The molecule has 14 nitrogen and oxygen atoms in total. The highest BCUT2D eigenvalue weighted by Crippen LogP contribution is 2.32. The number of carboxylic acid groups (broad SMARTS) is 4. The number of ketones is 4. The lowest BCUT2D eigenvalue weighted by molar-refractivity contribution is -0.148. The van der Waals surface area contributed by atoms with Crippen LogP contribution in [0.2, 0.25) is 0 Å². The van der Waals surface area contributed by atoms with Crippen molar-refractivity contribution in [3.05, 3.63) is 0 Å². The molecule has 5 aliphatic carbocycles. The molecule has 328 valence electrons. The summed E-state index contributed by atoms with van der Waals surface area (Å²) in [6.07, 6.45) is 12.8. The topological polar surface area (TPSA) is 252 Å². The highest BCUT2D eigenvalue weighted by atomic mass is 16.4. The quantitative estimate of drug-likeness (QED) is 0.161. The van der Waals surface area contributed by atoms with Crippen LogP contribution in [0.25, 0.3) is 0 Å². The van der Waals surface area contributed by atoms with E-state index in [2.05, 4.69) is 0 Å². The Bertz CT molecular complexity index is 1110. The van der Waals surface area contributed by atoms with Crippen molar-refractivity contribution >= 4 is 59.5 Å². The molecule has 0 aliphatic heterocycles. The second-order valence-electron chi connectivity index (χ2n) is 16.8. The lowest BCUT2D eigenvalue weighted by Crippen LogP contribution is -2.25. The highest BCUT2D eigenvalue weighted by molar-refractivity contribution is 5.81. The summed E-state index contributed by atoms with van der Waals surface area (Å²) >= 11 is 0. The molecular weight excluding hydrogens is 752 g/mol. The predicted octanol–water partition coefficient (Wildman–Crippen LogP) is 7.06. The average Bonchev–Trinajstić information content (AvgIpc) is 3.21. The van der Waals surface area contributed by atoms with E-state index in [1.54, 1.807) is 27.7 Å². The van der Waals surface area contributed by atoms with Crippen LogP contribution >= 0.6 is 0 Å². The minimum absolute atomic E-state index is 0.0967. The van der Waals surface area contributed by atoms with E-state index < -0.39 is 36.4 Å². The van der Waals surface area contributed by atoms with Crippen molar-refractivity contribution in [1.82, 2.24) is 0 Å². The largest absolute Gasteiger partial charge is 0.481 e. The average molecular weight is 823 g/mol. The van der Waals surface area contributed by atoms with Crippen LogP contribution in [-0.2, 0) is 47.9 Å². The van der Waals surface area contributed by atoms with Gasteiger partial charge in [0, 0.05) is 35.5 Å². The normalized spacial score (nSPS) is 30.8. The Morgan fingerprint density at radius 1 is 0.328 bits per heavy atom. The first-order valence-electron chi connectivity index (χ1n) is 22.0. The number of hydrogen-bond acceptors (Lipinski definition) is 10. The summed E-state index contributed by atoms with van der Waals surface area (Å²) in [4.78, 5) is 107. The van der Waals surface area contributed by atoms with Gasteiger partial charge >= 0.3 is 23.9 Å². The molecule has 0 atom stereocenters. The van der Waals surface area contributed by atoms with E-state index in [0.717, 1.165) is 64.2 Å². The van der Waals surface area contributed by atoms with E-state index in [0.29, 0.717) is 64.2 Å². The molecule has 0 bridgehead atoms. The second kappa shape index (κ2) is 27.6. The Kier molecular flexibility index (Phi) is 22.9. The van der Waals surface area contributed by atoms with E-state index in [-0.39, 0.29) is 82.3 Å². The molecule has 5 saturated carbocycles. The highest BCUT2D eigenvalue weighted by Gasteiger charge is 2.30. The van der Waals surface area contributed by atoms with Crippen molar-refractivity contribution in [2.45, 2.75) is 156 Å². The zero-order valence-corrected chi connectivity index (χ0v) is 34.8. The zero-order chi connectivity index (χ0) is 45.7. The monoisotopic (exact) mass is 822 g/mol. The molecule has 0 radical (unpaired) electrons. The van der Waals surface area contributed by atoms with Gasteiger partial charge in [0.15, 0.2) is 0 Å². The van der Waals surface area contributed by atoms with Gasteiger partial charge in [0.05, 0.1) is 23.7 Å². The molecular formula is C44H68O14. The van der Waals surface area contributed by atoms with Gasteiger partial charge in [0.1, 0.15) is 38.4 Å². The Balaban J connectivity index is 0.000000375. The maximum atomic E-state index is 11.0. The van der Waals surface area contributed by atoms with Crippen molar-refractivity contribution in [1.29, 1.82) is 0 Å². The first-order valence-corrected chi connectivity index (χ1v) is 21.0. The minimum atomic E-state index is -0.793. The summed E-state index contributed by atoms with van der Waals surface area (Å²) in [6.45, 7) is 6.50. The van der Waals surface area contributed by atoms with Gasteiger partial charge < -0.3 is 30.0 Å². The third-order valence-corrected chi connectivity index (χ3v) is 12.7. The number of carbonyl (C=O) groups is 10. The summed E-state index contributed by atoms with van der Waals surface area (Å²) < 4.78 is 13.8. The molecule has 0 spiro atoms. The standard InChI is InChI=1S/C10H16O2.C9H14O3.C9H14O2.C8H12O4.C8H12O3/c1-7(11)9-3-5-10(6-4-9)8(2)12;1-6(10)7-2-4-8(5-3-7)9(11)12;1-7(11)9-4-2-8(6-10)3-5-9;9-7(10)5-1-2-6(4-3-5)8(11)12;9-5-6-1-3-7(4-2-6)8(10)11/h9-10H,3-6H2,1-2H3;7-8H,2-5H2,1H3,(H,11,12);6,8-9H,2-5H2,1H3;5-6H,1-4H2,(H,9,10)(H,11,12);5-7H,1-4H2,(H,10,11)/i;;6D;;5D. The maximum Gasteiger partial charge on any atom is 0.306 e. The van der Waals surface area contributed by atoms with Crippen LogP contribution in [-0.4, -0.2) is 80.0 Å². The summed E-state index contributed by atoms with van der Waals surface area (Å²) in [6, 6.07) is 0. The Hall–Kier alpha value is -4.10. The number of rotatable bonds is 10. The Morgan fingerprint density at radius 3 is 0.603 bits per heavy atom. The molecule has 4 N–H and O–H groups in total. The van der Waals surface area contributed by atoms with Crippen molar-refractivity contribution in [3.8, 4) is 0 Å². The molecule has 58 heavy (non-hydrogen) atoms. The molecule has 0 aromatic carbocycles. The van der Waals surface area contributed by atoms with Crippen molar-refractivity contribution in [2.24, 2.45) is 59.2 Å². The van der Waals surface area contributed by atoms with Crippen LogP contribution in [0.4, 0.5) is 0 Å². The number of aliphatic carboxylic acids is 4. The Labute approximate surface area is 345 Å². The minimum Gasteiger partial charge on any atom is -0.481 e. The van der Waals surface area contributed by atoms with Gasteiger partial charge in [-0.25, -0.2) is 0 Å². The van der Waals surface area contributed by atoms with Crippen molar-refractivity contribution in [3.63, 3.8) is 0 Å². The lowest BCUT2D eigenvalue weighted by atomic mass is 9.79. The summed E-state index contributed by atoms with van der Waals surface area (Å²) in [7, 11) is 0. The smallest absolute Gasteiger partial charge is 0.306 e. The van der Waals surface area contributed by atoms with Gasteiger partial charge in [0.25, 0.3) is 0 Å². The van der Waals surface area contributed by atoms with E-state index in [4.69, 9.17) is 23.2 Å². The van der Waals surface area contributed by atoms with Gasteiger partial charge in [-0.2, -0.15) is 0 Å². The zero-order valence-electron chi connectivity index (χ0n) is 36.8. The number of carboxylic acids is 4. The van der Waals surface area contributed by atoms with Crippen molar-refractivity contribution < 1.29 is 71.1 Å². The molecule has 0 aromatic rings. The molecule has 0 aromatic heterocycles. The number of aldehydes is 2. The van der Waals surface area contributed by atoms with Gasteiger partial charge in [-0.05, 0) is 156 Å². The van der Waals surface area contributed by atoms with Gasteiger partial charge in [-0.1, -0.05) is 0 Å². The third-order valence-electron chi connectivity index (χ3n) is 12.7. The first kappa shape index (κ1) is 48.3. The fourth-order valence-electron chi connectivity index (χ4n) is 8.32. The first-order chi connectivity index (χ1) is 28.0. The van der Waals surface area contributed by atoms with Crippen LogP contribution < -0.4 is 0 Å². The van der Waals surface area contributed by atoms with Gasteiger partial charge in [0.2, 0.25) is 0 Å². The van der Waals surface area contributed by atoms with Crippen LogP contribution in [0.5, 0.6) is 0 Å². The fraction of sp³-hybridized carbons (Fsp3) is 0.773. The fourth-order valence-corrected chi connectivity index (χ4v) is 8.32. The molecule has 0 amide bonds. The molecule has 0 heterocycles. The van der Waals surface area contributed by atoms with Crippen LogP contribution in [0, 0.1) is 59.2 Å². The van der Waals surface area contributed by atoms with Crippen LogP contribution in [0.1, 0.15) is 159 Å². The third kappa shape index (κ3) is 20.0. The maximum absolute atomic E-state index is 11.0. The Morgan fingerprint density at radius 2 is 0.466 bits per heavy atom. The molecule has 0 saturated heterocycles. The van der Waals surface area contributed by atoms with Gasteiger partial charge in [-0.15, -0.1) is 0 Å². The molecule has 14 heteroatoms. The van der Waals surface area contributed by atoms with Crippen LogP contribution in [0.3, 0.4) is 0 Å². The van der Waals surface area contributed by atoms with Gasteiger partial charge in [-0.3, -0.25) is 38.4 Å². The number of Topliss-reactive ketones (excluding diaryl/α,β-unsaturated/α-hetero) is 4. The molecule has 5 aliphatic rings. The SMILES string of the molecule is CC(=O)C1CCC(C(=O)O)CC1.CC(=O)C1CCC(C(C)=O)CC1.O=C(O)C1CCC(C(=O)O)CC1.[2H]C(=O)C1CCC(C(=O)O)CC1.[2H]C(=O)C1CCC(C(C)=O)CC1.